The number of rotatable bonds is 3. The molecule has 4 heterocycles. The zero-order valence-corrected chi connectivity index (χ0v) is 15.6. The van der Waals surface area contributed by atoms with Gasteiger partial charge < -0.3 is 4.90 Å². The molecule has 0 radical (unpaired) electrons. The minimum Gasteiger partial charge on any atom is -0.336 e. The zero-order valence-electron chi connectivity index (χ0n) is 14.8. The molecule has 0 spiro atoms. The summed E-state index contributed by atoms with van der Waals surface area (Å²) in [6, 6.07) is 1.35. The van der Waals surface area contributed by atoms with E-state index in [1.54, 1.807) is 11.8 Å². The highest BCUT2D eigenvalue weighted by Gasteiger charge is 2.39. The van der Waals surface area contributed by atoms with Crippen molar-refractivity contribution in [3.63, 3.8) is 0 Å². The molecular weight excluding hydrogens is 344 g/mol. The van der Waals surface area contributed by atoms with Gasteiger partial charge in [-0.3, -0.25) is 9.59 Å². The van der Waals surface area contributed by atoms with Crippen molar-refractivity contribution in [3.8, 4) is 0 Å². The van der Waals surface area contributed by atoms with E-state index >= 15 is 0 Å². The van der Waals surface area contributed by atoms with E-state index in [1.165, 1.54) is 21.3 Å². The largest absolute Gasteiger partial charge is 0.336 e. The molecule has 3 fully saturated rings. The predicted octanol–water partition coefficient (Wildman–Crippen LogP) is -0.257. The van der Waals surface area contributed by atoms with E-state index < -0.39 is 10.0 Å². The van der Waals surface area contributed by atoms with E-state index in [4.69, 9.17) is 0 Å². The first-order valence-electron chi connectivity index (χ1n) is 8.45. The van der Waals surface area contributed by atoms with Crippen molar-refractivity contribution >= 4 is 15.9 Å². The third-order valence-corrected chi connectivity index (χ3v) is 6.43. The summed E-state index contributed by atoms with van der Waals surface area (Å²) < 4.78 is 26.5. The second-order valence-electron chi connectivity index (χ2n) is 7.13. The Labute approximate surface area is 147 Å². The van der Waals surface area contributed by atoms with Crippen molar-refractivity contribution in [2.45, 2.75) is 39.3 Å². The number of aromatic nitrogens is 2. The summed E-state index contributed by atoms with van der Waals surface area (Å²) in [5.74, 6) is -0.0373. The van der Waals surface area contributed by atoms with Gasteiger partial charge in [0.25, 0.3) is 5.56 Å². The molecule has 0 unspecified atom stereocenters. The molecule has 0 aliphatic carbocycles. The van der Waals surface area contributed by atoms with Crippen LogP contribution in [0, 0.1) is 19.8 Å². The predicted molar refractivity (Wildman–Crippen MR) is 92.6 cm³/mol. The van der Waals surface area contributed by atoms with E-state index in [1.807, 2.05) is 6.92 Å². The van der Waals surface area contributed by atoms with Crippen LogP contribution in [0.2, 0.25) is 0 Å². The summed E-state index contributed by atoms with van der Waals surface area (Å²) in [6.45, 7) is 4.82. The van der Waals surface area contributed by atoms with Gasteiger partial charge in [-0.25, -0.2) is 13.1 Å². The molecule has 1 amide bonds. The Morgan fingerprint density at radius 3 is 2.64 bits per heavy atom. The van der Waals surface area contributed by atoms with Gasteiger partial charge in [0, 0.05) is 31.7 Å². The highest BCUT2D eigenvalue weighted by Crippen LogP contribution is 2.29. The van der Waals surface area contributed by atoms with Crippen molar-refractivity contribution in [1.82, 2.24) is 19.0 Å². The first-order chi connectivity index (χ1) is 11.6. The lowest BCUT2D eigenvalue weighted by Gasteiger charge is -2.36. The Kier molecular flexibility index (Phi) is 4.72. The SMILES string of the molecule is Cc1cc(=O)n(CC(=O)N2C[C@H]3CC[C@@H]2CN(S(C)(=O)=O)C3)nc1C. The molecule has 4 rings (SSSR count). The summed E-state index contributed by atoms with van der Waals surface area (Å²) in [5.41, 5.74) is 1.22. The molecule has 3 aliphatic heterocycles. The fraction of sp³-hybridized carbons (Fsp3) is 0.688. The van der Waals surface area contributed by atoms with Crippen LogP contribution in [0.15, 0.2) is 10.9 Å². The normalized spacial score (nSPS) is 24.4. The number of carbonyl (C=O) groups is 1. The topological polar surface area (TPSA) is 92.6 Å². The Bertz CT molecular complexity index is 848. The molecule has 1 aromatic heterocycles. The minimum atomic E-state index is -3.27. The van der Waals surface area contributed by atoms with Gasteiger partial charge >= 0.3 is 0 Å². The van der Waals surface area contributed by atoms with Gasteiger partial charge in [-0.2, -0.15) is 9.40 Å². The van der Waals surface area contributed by atoms with Crippen LogP contribution in [0.3, 0.4) is 0 Å². The Hall–Kier alpha value is -1.74. The number of piperidine rings is 1. The quantitative estimate of drug-likeness (QED) is 0.733. The van der Waals surface area contributed by atoms with Gasteiger partial charge in [0.15, 0.2) is 0 Å². The van der Waals surface area contributed by atoms with Crippen LogP contribution in [-0.4, -0.2) is 65.2 Å². The molecule has 3 aliphatic rings. The molecule has 25 heavy (non-hydrogen) atoms. The number of amides is 1. The summed E-state index contributed by atoms with van der Waals surface area (Å²) in [6.07, 6.45) is 2.92. The van der Waals surface area contributed by atoms with Gasteiger partial charge in [0.2, 0.25) is 15.9 Å². The number of aryl methyl sites for hydroxylation is 2. The number of nitrogens with zero attached hydrogens (tertiary/aromatic N) is 4. The average molecular weight is 368 g/mol. The molecule has 138 valence electrons. The fourth-order valence-electron chi connectivity index (χ4n) is 3.62. The molecule has 8 nitrogen and oxygen atoms in total. The average Bonchev–Trinajstić information content (AvgIpc) is 2.84. The van der Waals surface area contributed by atoms with Crippen LogP contribution >= 0.6 is 0 Å². The molecule has 0 aromatic carbocycles. The Morgan fingerprint density at radius 2 is 1.96 bits per heavy atom. The number of fused-ring (bicyclic) bond motifs is 4. The maximum Gasteiger partial charge on any atom is 0.267 e. The highest BCUT2D eigenvalue weighted by molar-refractivity contribution is 7.88. The van der Waals surface area contributed by atoms with Crippen molar-refractivity contribution in [1.29, 1.82) is 0 Å². The number of hydrogen-bond acceptors (Lipinski definition) is 5. The molecule has 2 bridgehead atoms. The molecule has 9 heteroatoms. The zero-order chi connectivity index (χ0) is 18.4. The maximum absolute atomic E-state index is 12.8. The van der Waals surface area contributed by atoms with Crippen LogP contribution in [0.4, 0.5) is 0 Å². The molecule has 0 N–H and O–H groups in total. The van der Waals surface area contributed by atoms with Gasteiger partial charge in [-0.1, -0.05) is 0 Å². The third-order valence-electron chi connectivity index (χ3n) is 5.19. The van der Waals surface area contributed by atoms with E-state index in [2.05, 4.69) is 5.10 Å². The van der Waals surface area contributed by atoms with E-state index in [-0.39, 0.29) is 30.0 Å². The highest BCUT2D eigenvalue weighted by atomic mass is 32.2. The van der Waals surface area contributed by atoms with Gasteiger partial charge in [0.05, 0.1) is 11.9 Å². The van der Waals surface area contributed by atoms with E-state index in [0.717, 1.165) is 18.4 Å². The lowest BCUT2D eigenvalue weighted by Crippen LogP contribution is -2.49. The van der Waals surface area contributed by atoms with Crippen LogP contribution in [0.1, 0.15) is 24.1 Å². The molecule has 1 aromatic rings. The third kappa shape index (κ3) is 3.77. The Morgan fingerprint density at radius 1 is 1.24 bits per heavy atom. The van der Waals surface area contributed by atoms with Gasteiger partial charge in [-0.05, 0) is 38.2 Å². The second-order valence-corrected chi connectivity index (χ2v) is 9.11. The summed E-state index contributed by atoms with van der Waals surface area (Å²) in [5, 5.41) is 4.20. The smallest absolute Gasteiger partial charge is 0.267 e. The minimum absolute atomic E-state index is 0.109. The fourth-order valence-corrected chi connectivity index (χ4v) is 4.55. The Balaban J connectivity index is 1.79. The summed E-state index contributed by atoms with van der Waals surface area (Å²) >= 11 is 0. The van der Waals surface area contributed by atoms with Crippen molar-refractivity contribution < 1.29 is 13.2 Å². The van der Waals surface area contributed by atoms with Crippen LogP contribution < -0.4 is 5.56 Å². The van der Waals surface area contributed by atoms with Crippen molar-refractivity contribution in [2.24, 2.45) is 5.92 Å². The first-order valence-corrected chi connectivity index (χ1v) is 10.3. The number of hydrogen-bond donors (Lipinski definition) is 0. The molecule has 3 saturated heterocycles. The lowest BCUT2D eigenvalue weighted by atomic mass is 9.95. The van der Waals surface area contributed by atoms with Gasteiger partial charge in [-0.15, -0.1) is 0 Å². The second kappa shape index (κ2) is 6.53. The molecular formula is C16H24N4O4S. The van der Waals surface area contributed by atoms with E-state index in [0.29, 0.717) is 25.3 Å². The molecule has 2 atom stereocenters. The summed E-state index contributed by atoms with van der Waals surface area (Å²) in [7, 11) is -3.27. The van der Waals surface area contributed by atoms with E-state index in [9.17, 15) is 18.0 Å². The molecule has 0 saturated carbocycles. The number of sulfonamides is 1. The first kappa shape index (κ1) is 18.1. The van der Waals surface area contributed by atoms with Crippen molar-refractivity contribution in [2.75, 3.05) is 25.9 Å². The van der Waals surface area contributed by atoms with Crippen molar-refractivity contribution in [3.05, 3.63) is 27.7 Å². The maximum atomic E-state index is 12.8. The van der Waals surface area contributed by atoms with Gasteiger partial charge in [0.1, 0.15) is 6.54 Å². The van der Waals surface area contributed by atoms with Crippen LogP contribution in [0.25, 0.3) is 0 Å². The standard InChI is InChI=1S/C16H24N4O4S/c1-11-6-15(21)20(17-12(11)2)10-16(22)19-8-13-4-5-14(19)9-18(7-13)25(3,23)24/h6,13-14H,4-5,7-10H2,1-3H3/t13-,14+/m0/s1. The number of carbonyl (C=O) groups excluding carboxylic acids is 1. The summed E-state index contributed by atoms with van der Waals surface area (Å²) in [4.78, 5) is 26.6. The van der Waals surface area contributed by atoms with Crippen LogP contribution in [-0.2, 0) is 21.4 Å². The lowest BCUT2D eigenvalue weighted by molar-refractivity contribution is -0.136. The van der Waals surface area contributed by atoms with Crippen LogP contribution in [0.5, 0.6) is 0 Å². The monoisotopic (exact) mass is 368 g/mol.